The predicted octanol–water partition coefficient (Wildman–Crippen LogP) is 3.08. The van der Waals surface area contributed by atoms with E-state index in [4.69, 9.17) is 16.3 Å². The monoisotopic (exact) mass is 465 g/mol. The van der Waals surface area contributed by atoms with Gasteiger partial charge in [0.15, 0.2) is 6.10 Å². The number of nitrogens with zero attached hydrogens (tertiary/aromatic N) is 3. The summed E-state index contributed by atoms with van der Waals surface area (Å²) in [6.07, 6.45) is 6.11. The number of halogens is 1. The van der Waals surface area contributed by atoms with Gasteiger partial charge in [-0.05, 0) is 55.8 Å². The smallest absolute Gasteiger partial charge is 0.264 e. The van der Waals surface area contributed by atoms with Crippen LogP contribution in [0.4, 0.5) is 0 Å². The number of aromatic amines is 1. The first-order valence-corrected chi connectivity index (χ1v) is 12.2. The summed E-state index contributed by atoms with van der Waals surface area (Å²) in [6.45, 7) is 5.60. The predicted molar refractivity (Wildman–Crippen MR) is 129 cm³/mol. The number of piperazine rings is 1. The molecule has 0 unspecified atom stereocenters. The van der Waals surface area contributed by atoms with Crippen LogP contribution >= 0.6 is 11.6 Å². The lowest BCUT2D eigenvalue weighted by Gasteiger charge is -2.41. The third kappa shape index (κ3) is 3.88. The summed E-state index contributed by atoms with van der Waals surface area (Å²) in [4.78, 5) is 25.5. The van der Waals surface area contributed by atoms with Crippen LogP contribution in [-0.4, -0.2) is 77.1 Å². The SMILES string of the molecule is O=C([C@H]1Cc2cc(Cl)cc(-c3ccnc4[nH]ccc34)c2O1)N1CCN(C2CCNCC2)CC1. The van der Waals surface area contributed by atoms with Crippen LogP contribution in [0.2, 0.25) is 5.02 Å². The second kappa shape index (κ2) is 8.63. The Labute approximate surface area is 198 Å². The van der Waals surface area contributed by atoms with E-state index in [9.17, 15) is 4.79 Å². The Bertz CT molecular complexity index is 1180. The van der Waals surface area contributed by atoms with E-state index < -0.39 is 6.10 Å². The molecule has 2 aromatic heterocycles. The third-order valence-electron chi connectivity index (χ3n) is 7.27. The first kappa shape index (κ1) is 21.0. The second-order valence-electron chi connectivity index (χ2n) is 9.19. The van der Waals surface area contributed by atoms with Crippen molar-refractivity contribution in [2.24, 2.45) is 0 Å². The van der Waals surface area contributed by atoms with Gasteiger partial charge in [-0.15, -0.1) is 0 Å². The lowest BCUT2D eigenvalue weighted by molar-refractivity contribution is -0.140. The minimum atomic E-state index is -0.494. The fourth-order valence-electron chi connectivity index (χ4n) is 5.54. The molecule has 0 radical (unpaired) electrons. The van der Waals surface area contributed by atoms with E-state index in [-0.39, 0.29) is 5.91 Å². The van der Waals surface area contributed by atoms with E-state index in [2.05, 4.69) is 20.2 Å². The number of rotatable bonds is 3. The quantitative estimate of drug-likeness (QED) is 0.622. The van der Waals surface area contributed by atoms with Crippen molar-refractivity contribution in [3.05, 3.63) is 47.2 Å². The molecule has 2 N–H and O–H groups in total. The lowest BCUT2D eigenvalue weighted by atomic mass is 9.99. The van der Waals surface area contributed by atoms with Gasteiger partial charge in [0.2, 0.25) is 0 Å². The number of ether oxygens (including phenoxy) is 1. The molecule has 7 nitrogen and oxygen atoms in total. The van der Waals surface area contributed by atoms with Gasteiger partial charge >= 0.3 is 0 Å². The van der Waals surface area contributed by atoms with Crippen molar-refractivity contribution in [2.45, 2.75) is 31.4 Å². The minimum absolute atomic E-state index is 0.0831. The van der Waals surface area contributed by atoms with Crippen LogP contribution in [0.3, 0.4) is 0 Å². The van der Waals surface area contributed by atoms with Gasteiger partial charge < -0.3 is 19.9 Å². The summed E-state index contributed by atoms with van der Waals surface area (Å²) < 4.78 is 6.33. The van der Waals surface area contributed by atoms with Gasteiger partial charge in [0, 0.05) is 72.6 Å². The van der Waals surface area contributed by atoms with Crippen molar-refractivity contribution in [3.63, 3.8) is 0 Å². The highest BCUT2D eigenvalue weighted by molar-refractivity contribution is 6.31. The topological polar surface area (TPSA) is 73.5 Å². The zero-order chi connectivity index (χ0) is 22.4. The lowest BCUT2D eigenvalue weighted by Crippen LogP contribution is -2.55. The number of nitrogens with one attached hydrogen (secondary N) is 2. The number of hydrogen-bond acceptors (Lipinski definition) is 5. The van der Waals surface area contributed by atoms with Crippen LogP contribution in [0.25, 0.3) is 22.2 Å². The summed E-state index contributed by atoms with van der Waals surface area (Å²) in [5.41, 5.74) is 3.72. The van der Waals surface area contributed by atoms with Gasteiger partial charge in [-0.1, -0.05) is 11.6 Å². The molecule has 172 valence electrons. The van der Waals surface area contributed by atoms with E-state index in [1.54, 1.807) is 6.20 Å². The minimum Gasteiger partial charge on any atom is -0.479 e. The molecule has 2 fully saturated rings. The molecule has 33 heavy (non-hydrogen) atoms. The van der Waals surface area contributed by atoms with Crippen molar-refractivity contribution < 1.29 is 9.53 Å². The highest BCUT2D eigenvalue weighted by Gasteiger charge is 2.36. The van der Waals surface area contributed by atoms with Gasteiger partial charge in [-0.25, -0.2) is 4.98 Å². The Kier molecular flexibility index (Phi) is 5.48. The summed E-state index contributed by atoms with van der Waals surface area (Å²) in [5.74, 6) is 0.847. The van der Waals surface area contributed by atoms with E-state index in [1.807, 2.05) is 35.4 Å². The average molecular weight is 466 g/mol. The second-order valence-corrected chi connectivity index (χ2v) is 9.63. The van der Waals surface area contributed by atoms with Crippen LogP contribution in [0, 0.1) is 0 Å². The van der Waals surface area contributed by atoms with E-state index in [1.165, 1.54) is 12.8 Å². The zero-order valence-corrected chi connectivity index (χ0v) is 19.3. The number of aromatic nitrogens is 2. The number of piperidine rings is 1. The van der Waals surface area contributed by atoms with Gasteiger partial charge in [0.05, 0.1) is 0 Å². The van der Waals surface area contributed by atoms with E-state index in [0.717, 1.165) is 72.7 Å². The first-order chi connectivity index (χ1) is 16.2. The number of amides is 1. The van der Waals surface area contributed by atoms with Crippen LogP contribution in [0.15, 0.2) is 36.7 Å². The number of carbonyl (C=O) groups is 1. The average Bonchev–Trinajstić information content (AvgIpc) is 3.51. The fraction of sp³-hybridized carbons (Fsp3) is 0.440. The molecule has 2 saturated heterocycles. The van der Waals surface area contributed by atoms with Crippen LogP contribution in [0.1, 0.15) is 18.4 Å². The summed E-state index contributed by atoms with van der Waals surface area (Å²) in [7, 11) is 0. The normalized spacial score (nSPS) is 21.8. The highest BCUT2D eigenvalue weighted by Crippen LogP contribution is 2.43. The van der Waals surface area contributed by atoms with E-state index in [0.29, 0.717) is 17.5 Å². The third-order valence-corrected chi connectivity index (χ3v) is 7.49. The fourth-order valence-corrected chi connectivity index (χ4v) is 5.78. The Morgan fingerprint density at radius 1 is 1.09 bits per heavy atom. The van der Waals surface area contributed by atoms with Crippen molar-refractivity contribution in [1.29, 1.82) is 0 Å². The van der Waals surface area contributed by atoms with Gasteiger partial charge in [-0.3, -0.25) is 9.69 Å². The summed E-state index contributed by atoms with van der Waals surface area (Å²) in [5, 5.41) is 5.09. The van der Waals surface area contributed by atoms with Crippen LogP contribution in [-0.2, 0) is 11.2 Å². The van der Waals surface area contributed by atoms with Crippen molar-refractivity contribution in [3.8, 4) is 16.9 Å². The Hall–Kier alpha value is -2.61. The van der Waals surface area contributed by atoms with Gasteiger partial charge in [-0.2, -0.15) is 0 Å². The molecule has 3 aliphatic heterocycles. The molecule has 0 spiro atoms. The Morgan fingerprint density at radius 2 is 1.91 bits per heavy atom. The molecule has 1 atom stereocenters. The molecular formula is C25H28ClN5O2. The molecular weight excluding hydrogens is 438 g/mol. The number of pyridine rings is 1. The molecule has 1 amide bonds. The molecule has 3 aliphatic rings. The zero-order valence-electron chi connectivity index (χ0n) is 18.5. The number of carbonyl (C=O) groups excluding carboxylic acids is 1. The van der Waals surface area contributed by atoms with Crippen molar-refractivity contribution in [1.82, 2.24) is 25.1 Å². The molecule has 0 aliphatic carbocycles. The number of H-pyrrole nitrogens is 1. The highest BCUT2D eigenvalue weighted by atomic mass is 35.5. The van der Waals surface area contributed by atoms with Crippen LogP contribution in [0.5, 0.6) is 5.75 Å². The molecule has 3 aromatic rings. The number of benzene rings is 1. The molecule has 6 rings (SSSR count). The maximum atomic E-state index is 13.4. The van der Waals surface area contributed by atoms with E-state index >= 15 is 0 Å². The van der Waals surface area contributed by atoms with Crippen LogP contribution < -0.4 is 10.1 Å². The maximum Gasteiger partial charge on any atom is 0.264 e. The number of fused-ring (bicyclic) bond motifs is 2. The maximum absolute atomic E-state index is 13.4. The van der Waals surface area contributed by atoms with Gasteiger partial charge in [0.1, 0.15) is 11.4 Å². The molecule has 5 heterocycles. The number of hydrogen-bond donors (Lipinski definition) is 2. The van der Waals surface area contributed by atoms with Gasteiger partial charge in [0.25, 0.3) is 5.91 Å². The standard InChI is InChI=1S/C25H28ClN5O2/c26-17-13-16-14-22(25(32)31-11-9-30(10-12-31)18-1-5-27-6-2-18)33-23(16)21(15-17)19-3-7-28-24-20(19)4-8-29-24/h3-4,7-8,13,15,18,22,27H,1-2,5-6,9-12,14H2,(H,28,29)/t22-/m1/s1. The first-order valence-electron chi connectivity index (χ1n) is 11.8. The molecule has 0 bridgehead atoms. The molecule has 1 aromatic carbocycles. The molecule has 0 saturated carbocycles. The Balaban J connectivity index is 1.20. The van der Waals surface area contributed by atoms with Crippen molar-refractivity contribution >= 4 is 28.5 Å². The largest absolute Gasteiger partial charge is 0.479 e. The Morgan fingerprint density at radius 3 is 2.73 bits per heavy atom. The summed E-state index contributed by atoms with van der Waals surface area (Å²) >= 11 is 6.49. The molecule has 8 heteroatoms. The van der Waals surface area contributed by atoms with Crippen molar-refractivity contribution in [2.75, 3.05) is 39.3 Å². The summed E-state index contributed by atoms with van der Waals surface area (Å²) in [6, 6.07) is 8.47.